The van der Waals surface area contributed by atoms with Crippen LogP contribution < -0.4 is 4.90 Å². The summed E-state index contributed by atoms with van der Waals surface area (Å²) in [6, 6.07) is 33.8. The van der Waals surface area contributed by atoms with Gasteiger partial charge >= 0.3 is 0 Å². The van der Waals surface area contributed by atoms with Crippen molar-refractivity contribution in [3.63, 3.8) is 0 Å². The summed E-state index contributed by atoms with van der Waals surface area (Å²) in [5.41, 5.74) is 3.68. The highest BCUT2D eigenvalue weighted by Gasteiger charge is 2.61. The van der Waals surface area contributed by atoms with Crippen LogP contribution in [-0.4, -0.2) is 31.2 Å². The van der Waals surface area contributed by atoms with Crippen LogP contribution in [0.1, 0.15) is 28.7 Å². The smallest absolute Gasteiger partial charge is 0.243 e. The van der Waals surface area contributed by atoms with E-state index in [1.54, 1.807) is 12.1 Å². The predicted molar refractivity (Wildman–Crippen MR) is 155 cm³/mol. The molecule has 1 spiro atoms. The first kappa shape index (κ1) is 25.3. The number of hydrogen-bond donors (Lipinski definition) is 0. The Balaban J connectivity index is 1.48. The lowest BCUT2D eigenvalue weighted by Crippen LogP contribution is -2.49. The zero-order valence-electron chi connectivity index (χ0n) is 21.8. The molecule has 6 rings (SSSR count). The number of nitrogens with zero attached hydrogens (tertiary/aromatic N) is 2. The molecule has 1 amide bonds. The minimum absolute atomic E-state index is 0.0585. The zero-order chi connectivity index (χ0) is 27.0. The lowest BCUT2D eigenvalue weighted by atomic mass is 9.75. The second-order valence-electron chi connectivity index (χ2n) is 10.3. The molecule has 39 heavy (non-hydrogen) atoms. The molecule has 196 valence electrons. The Kier molecular flexibility index (Phi) is 6.45. The quantitative estimate of drug-likeness (QED) is 0.307. The minimum Gasteiger partial charge on any atom is -0.307 e. The van der Waals surface area contributed by atoms with E-state index in [1.807, 2.05) is 121 Å². The van der Waals surface area contributed by atoms with Crippen LogP contribution in [0.3, 0.4) is 0 Å². The third-order valence-corrected chi connectivity index (χ3v) is 9.82. The molecule has 2 atom stereocenters. The van der Waals surface area contributed by atoms with Crippen LogP contribution in [0.25, 0.3) is 6.08 Å². The Morgan fingerprint density at radius 3 is 2.21 bits per heavy atom. The molecule has 0 aliphatic carbocycles. The summed E-state index contributed by atoms with van der Waals surface area (Å²) >= 11 is 0. The molecule has 4 aromatic carbocycles. The molecule has 2 heterocycles. The number of carbonyl (C=O) groups excluding carboxylic acids is 1. The Morgan fingerprint density at radius 2 is 1.49 bits per heavy atom. The minimum atomic E-state index is -3.86. The first-order chi connectivity index (χ1) is 18.9. The lowest BCUT2D eigenvalue weighted by Gasteiger charge is -2.32. The van der Waals surface area contributed by atoms with Crippen molar-refractivity contribution < 1.29 is 13.2 Å². The number of benzene rings is 4. The summed E-state index contributed by atoms with van der Waals surface area (Å²) in [7, 11) is -3.86. The molecule has 4 aromatic rings. The van der Waals surface area contributed by atoms with Gasteiger partial charge in [0.05, 0.1) is 22.9 Å². The Labute approximate surface area is 230 Å². The fourth-order valence-corrected chi connectivity index (χ4v) is 7.60. The molecule has 1 saturated heterocycles. The largest absolute Gasteiger partial charge is 0.307 e. The van der Waals surface area contributed by atoms with E-state index < -0.39 is 21.5 Å². The van der Waals surface area contributed by atoms with Crippen molar-refractivity contribution in [1.29, 1.82) is 0 Å². The van der Waals surface area contributed by atoms with Crippen molar-refractivity contribution in [3.05, 3.63) is 138 Å². The number of fused-ring (bicyclic) bond motifs is 2. The van der Waals surface area contributed by atoms with Crippen LogP contribution in [0.5, 0.6) is 0 Å². The lowest BCUT2D eigenvalue weighted by molar-refractivity contribution is -0.123. The molecule has 1 fully saturated rings. The summed E-state index contributed by atoms with van der Waals surface area (Å²) in [4.78, 5) is 16.6. The van der Waals surface area contributed by atoms with Crippen molar-refractivity contribution in [1.82, 2.24) is 4.31 Å². The van der Waals surface area contributed by atoms with Crippen LogP contribution in [0.15, 0.2) is 120 Å². The van der Waals surface area contributed by atoms with Crippen LogP contribution in [-0.2, 0) is 26.8 Å². The molecule has 5 nitrogen and oxygen atoms in total. The highest BCUT2D eigenvalue weighted by atomic mass is 32.2. The second kappa shape index (κ2) is 9.95. The van der Waals surface area contributed by atoms with Crippen molar-refractivity contribution in [2.75, 3.05) is 11.4 Å². The summed E-state index contributed by atoms with van der Waals surface area (Å²) in [5.74, 6) is -0.0585. The Morgan fingerprint density at radius 1 is 0.846 bits per heavy atom. The Hall–Kier alpha value is -4.00. The number of carbonyl (C=O) groups is 1. The zero-order valence-corrected chi connectivity index (χ0v) is 22.6. The molecule has 0 unspecified atom stereocenters. The monoisotopic (exact) mass is 534 g/mol. The number of amides is 1. The van der Waals surface area contributed by atoms with Crippen LogP contribution >= 0.6 is 0 Å². The van der Waals surface area contributed by atoms with Gasteiger partial charge in [0.2, 0.25) is 15.9 Å². The van der Waals surface area contributed by atoms with Gasteiger partial charge in [0.15, 0.2) is 0 Å². The van der Waals surface area contributed by atoms with Gasteiger partial charge in [-0.2, -0.15) is 4.31 Å². The van der Waals surface area contributed by atoms with E-state index in [0.29, 0.717) is 13.0 Å². The van der Waals surface area contributed by atoms with Gasteiger partial charge in [-0.1, -0.05) is 109 Å². The van der Waals surface area contributed by atoms with Crippen LogP contribution in [0.4, 0.5) is 5.69 Å². The average Bonchev–Trinajstić information content (AvgIpc) is 3.46. The number of anilines is 1. The average molecular weight is 535 g/mol. The standard InChI is InChI=1S/C33H30N2O3S/c1-25-16-19-28(20-17-25)39(37,38)35-23-22-33(31(35)21-18-26-10-4-2-5-11-26)29-14-8-9-15-30(29)34(32(33)36)24-27-12-6-3-7-13-27/h2-21,31H,22-24H2,1H3/b21-18+/t31-,33-/m1/s1. The fraction of sp³-hybridized carbons (Fsp3) is 0.182. The summed E-state index contributed by atoms with van der Waals surface area (Å²) in [6.07, 6.45) is 4.25. The van der Waals surface area contributed by atoms with Gasteiger partial charge in [-0.15, -0.1) is 0 Å². The van der Waals surface area contributed by atoms with Gasteiger partial charge in [0.25, 0.3) is 0 Å². The molecule has 0 aromatic heterocycles. The first-order valence-electron chi connectivity index (χ1n) is 13.2. The molecule has 0 radical (unpaired) electrons. The third kappa shape index (κ3) is 4.30. The van der Waals surface area contributed by atoms with Gasteiger partial charge in [0.1, 0.15) is 0 Å². The van der Waals surface area contributed by atoms with Gasteiger partial charge in [-0.05, 0) is 48.2 Å². The highest BCUT2D eigenvalue weighted by Crippen LogP contribution is 2.52. The maximum atomic E-state index is 14.5. The van der Waals surface area contributed by atoms with E-state index >= 15 is 0 Å². The van der Waals surface area contributed by atoms with E-state index in [1.165, 1.54) is 4.31 Å². The maximum absolute atomic E-state index is 14.5. The number of hydrogen-bond acceptors (Lipinski definition) is 3. The molecular formula is C33H30N2O3S. The topological polar surface area (TPSA) is 57.7 Å². The van der Waals surface area contributed by atoms with Gasteiger partial charge in [-0.3, -0.25) is 4.79 Å². The van der Waals surface area contributed by atoms with E-state index in [9.17, 15) is 13.2 Å². The van der Waals surface area contributed by atoms with E-state index in [2.05, 4.69) is 0 Å². The number of para-hydroxylation sites is 1. The first-order valence-corrected chi connectivity index (χ1v) is 14.6. The molecular weight excluding hydrogens is 504 g/mol. The molecule has 0 bridgehead atoms. The van der Waals surface area contributed by atoms with Crippen molar-refractivity contribution in [3.8, 4) is 0 Å². The van der Waals surface area contributed by atoms with Crippen molar-refractivity contribution >= 4 is 27.7 Å². The third-order valence-electron chi connectivity index (χ3n) is 7.93. The molecule has 6 heteroatoms. The second-order valence-corrected chi connectivity index (χ2v) is 12.1. The molecule has 2 aliphatic rings. The fourth-order valence-electron chi connectivity index (χ4n) is 5.96. The number of rotatable bonds is 6. The highest BCUT2D eigenvalue weighted by molar-refractivity contribution is 7.89. The van der Waals surface area contributed by atoms with Crippen LogP contribution in [0, 0.1) is 6.92 Å². The van der Waals surface area contributed by atoms with Gasteiger partial charge in [0, 0.05) is 12.2 Å². The van der Waals surface area contributed by atoms with Gasteiger partial charge in [-0.25, -0.2) is 8.42 Å². The Bertz CT molecular complexity index is 1630. The number of sulfonamides is 1. The summed E-state index contributed by atoms with van der Waals surface area (Å²) < 4.78 is 29.7. The van der Waals surface area contributed by atoms with Crippen molar-refractivity contribution in [2.24, 2.45) is 0 Å². The van der Waals surface area contributed by atoms with E-state index in [0.717, 1.165) is 27.9 Å². The number of aryl methyl sites for hydroxylation is 1. The summed E-state index contributed by atoms with van der Waals surface area (Å²) in [5, 5.41) is 0. The van der Waals surface area contributed by atoms with Crippen molar-refractivity contribution in [2.45, 2.75) is 36.2 Å². The van der Waals surface area contributed by atoms with E-state index in [-0.39, 0.29) is 17.3 Å². The molecule has 2 aliphatic heterocycles. The van der Waals surface area contributed by atoms with Crippen LogP contribution in [0.2, 0.25) is 0 Å². The normalized spacial score (nSPS) is 21.2. The maximum Gasteiger partial charge on any atom is 0.243 e. The SMILES string of the molecule is Cc1ccc(S(=O)(=O)N2CC[C@]3(C(=O)N(Cc4ccccc4)c4ccccc43)[C@H]2/C=C/c2ccccc2)cc1. The van der Waals surface area contributed by atoms with Gasteiger partial charge < -0.3 is 4.90 Å². The summed E-state index contributed by atoms with van der Waals surface area (Å²) in [6.45, 7) is 2.61. The molecule has 0 N–H and O–H groups in total. The van der Waals surface area contributed by atoms with E-state index in [4.69, 9.17) is 0 Å². The molecule has 0 saturated carbocycles. The predicted octanol–water partition coefficient (Wildman–Crippen LogP) is 5.96.